The number of nitrogens with zero attached hydrogens (tertiary/aromatic N) is 4. The lowest BCUT2D eigenvalue weighted by Gasteiger charge is -2.17. The molecule has 4 rings (SSSR count). The second-order valence-corrected chi connectivity index (χ2v) is 8.96. The molecule has 2 aromatic heterocycles. The normalized spacial score (nSPS) is 15.3. The van der Waals surface area contributed by atoms with E-state index in [1.165, 1.54) is 30.2 Å². The summed E-state index contributed by atoms with van der Waals surface area (Å²) in [6.07, 6.45) is 9.04. The van der Waals surface area contributed by atoms with E-state index in [2.05, 4.69) is 51.7 Å². The maximum atomic E-state index is 12.7. The molecule has 3 aromatic rings. The third kappa shape index (κ3) is 4.56. The molecule has 1 aliphatic rings. The highest BCUT2D eigenvalue weighted by molar-refractivity contribution is 8.00. The molecular weight excluding hydrogens is 394 g/mol. The minimum Gasteiger partial charge on any atom is -0.352 e. The standard InChI is InChI=1S/C23H27N5OS/c1-3-17-8-10-20(11-9-17)28-21(18-12-14-24-15-13-18)26-27-23(28)30-16(2)22(29)25-19-6-4-5-7-19/h8-16,19H,3-7H2,1-2H3,(H,25,29). The zero-order valence-corrected chi connectivity index (χ0v) is 18.2. The number of nitrogens with one attached hydrogen (secondary N) is 1. The molecule has 1 amide bonds. The smallest absolute Gasteiger partial charge is 0.233 e. The molecule has 7 heteroatoms. The van der Waals surface area contributed by atoms with Gasteiger partial charge in [0, 0.05) is 29.7 Å². The molecule has 1 saturated carbocycles. The molecular formula is C23H27N5OS. The number of hydrogen-bond acceptors (Lipinski definition) is 5. The molecule has 1 unspecified atom stereocenters. The molecule has 6 nitrogen and oxygen atoms in total. The Labute approximate surface area is 181 Å². The summed E-state index contributed by atoms with van der Waals surface area (Å²) in [6, 6.07) is 12.6. The summed E-state index contributed by atoms with van der Waals surface area (Å²) in [6.45, 7) is 4.07. The maximum Gasteiger partial charge on any atom is 0.233 e. The summed E-state index contributed by atoms with van der Waals surface area (Å²) in [5.41, 5.74) is 3.19. The molecule has 0 saturated heterocycles. The SMILES string of the molecule is CCc1ccc(-n2c(SC(C)C(=O)NC3CCCC3)nnc2-c2ccncc2)cc1. The van der Waals surface area contributed by atoms with Gasteiger partial charge in [-0.25, -0.2) is 0 Å². The van der Waals surface area contributed by atoms with E-state index in [1.54, 1.807) is 12.4 Å². The van der Waals surface area contributed by atoms with Crippen LogP contribution in [0.1, 0.15) is 45.1 Å². The van der Waals surface area contributed by atoms with Crippen LogP contribution in [-0.4, -0.2) is 36.9 Å². The van der Waals surface area contributed by atoms with Crippen molar-refractivity contribution in [3.05, 3.63) is 54.4 Å². The van der Waals surface area contributed by atoms with Gasteiger partial charge in [-0.05, 0) is 56.0 Å². The van der Waals surface area contributed by atoms with Crippen molar-refractivity contribution in [3.8, 4) is 17.1 Å². The van der Waals surface area contributed by atoms with Gasteiger partial charge < -0.3 is 5.32 Å². The van der Waals surface area contributed by atoms with Gasteiger partial charge in [0.15, 0.2) is 11.0 Å². The van der Waals surface area contributed by atoms with Gasteiger partial charge in [0.05, 0.1) is 5.25 Å². The van der Waals surface area contributed by atoms with Gasteiger partial charge in [-0.15, -0.1) is 10.2 Å². The number of aromatic nitrogens is 4. The van der Waals surface area contributed by atoms with Crippen LogP contribution in [0.15, 0.2) is 53.9 Å². The topological polar surface area (TPSA) is 72.7 Å². The molecule has 1 atom stereocenters. The molecule has 1 aliphatic carbocycles. The second kappa shape index (κ2) is 9.43. The van der Waals surface area contributed by atoms with E-state index in [4.69, 9.17) is 0 Å². The van der Waals surface area contributed by atoms with E-state index in [-0.39, 0.29) is 11.2 Å². The predicted octanol–water partition coefficient (Wildman–Crippen LogP) is 4.43. The Kier molecular flexibility index (Phi) is 6.47. The maximum absolute atomic E-state index is 12.7. The highest BCUT2D eigenvalue weighted by Crippen LogP contribution is 2.30. The number of rotatable bonds is 7. The van der Waals surface area contributed by atoms with Gasteiger partial charge in [-0.3, -0.25) is 14.3 Å². The van der Waals surface area contributed by atoms with Crippen LogP contribution in [0.3, 0.4) is 0 Å². The second-order valence-electron chi connectivity index (χ2n) is 7.65. The molecule has 0 spiro atoms. The van der Waals surface area contributed by atoms with Crippen molar-refractivity contribution in [2.75, 3.05) is 0 Å². The fraction of sp³-hybridized carbons (Fsp3) is 0.391. The van der Waals surface area contributed by atoms with Crippen LogP contribution in [0, 0.1) is 0 Å². The van der Waals surface area contributed by atoms with E-state index < -0.39 is 0 Å². The van der Waals surface area contributed by atoms with Crippen molar-refractivity contribution in [2.45, 2.75) is 62.4 Å². The fourth-order valence-electron chi connectivity index (χ4n) is 3.75. The number of carbonyl (C=O) groups is 1. The van der Waals surface area contributed by atoms with Crippen molar-refractivity contribution >= 4 is 17.7 Å². The minimum atomic E-state index is -0.256. The molecule has 30 heavy (non-hydrogen) atoms. The van der Waals surface area contributed by atoms with E-state index >= 15 is 0 Å². The summed E-state index contributed by atoms with van der Waals surface area (Å²) in [5, 5.41) is 12.5. The van der Waals surface area contributed by atoms with Crippen LogP contribution >= 0.6 is 11.8 Å². The Bertz CT molecular complexity index is 981. The molecule has 1 N–H and O–H groups in total. The fourth-order valence-corrected chi connectivity index (χ4v) is 4.62. The van der Waals surface area contributed by atoms with Crippen molar-refractivity contribution in [2.24, 2.45) is 0 Å². The number of hydrogen-bond donors (Lipinski definition) is 1. The van der Waals surface area contributed by atoms with Crippen LogP contribution in [0.4, 0.5) is 0 Å². The van der Waals surface area contributed by atoms with E-state index in [0.717, 1.165) is 36.3 Å². The number of benzene rings is 1. The zero-order chi connectivity index (χ0) is 20.9. The number of pyridine rings is 1. The van der Waals surface area contributed by atoms with Gasteiger partial charge in [0.25, 0.3) is 0 Å². The Morgan fingerprint density at radius 1 is 1.13 bits per heavy atom. The van der Waals surface area contributed by atoms with Crippen molar-refractivity contribution in [1.82, 2.24) is 25.1 Å². The van der Waals surface area contributed by atoms with E-state index in [1.807, 2.05) is 23.6 Å². The van der Waals surface area contributed by atoms with Crippen molar-refractivity contribution < 1.29 is 4.79 Å². The Balaban J connectivity index is 1.63. The molecule has 1 aromatic carbocycles. The summed E-state index contributed by atoms with van der Waals surface area (Å²) < 4.78 is 2.03. The summed E-state index contributed by atoms with van der Waals surface area (Å²) in [7, 11) is 0. The number of amides is 1. The van der Waals surface area contributed by atoms with Crippen molar-refractivity contribution in [1.29, 1.82) is 0 Å². The third-order valence-electron chi connectivity index (χ3n) is 5.53. The molecule has 2 heterocycles. The van der Waals surface area contributed by atoms with Crippen LogP contribution in [-0.2, 0) is 11.2 Å². The minimum absolute atomic E-state index is 0.0632. The number of thioether (sulfide) groups is 1. The highest BCUT2D eigenvalue weighted by atomic mass is 32.2. The zero-order valence-electron chi connectivity index (χ0n) is 17.4. The van der Waals surface area contributed by atoms with Gasteiger partial charge >= 0.3 is 0 Å². The first kappa shape index (κ1) is 20.6. The Hall–Kier alpha value is -2.67. The lowest BCUT2D eigenvalue weighted by Crippen LogP contribution is -2.37. The molecule has 0 bridgehead atoms. The van der Waals surface area contributed by atoms with Crippen LogP contribution in [0.25, 0.3) is 17.1 Å². The number of carbonyl (C=O) groups excluding carboxylic acids is 1. The van der Waals surface area contributed by atoms with Crippen LogP contribution in [0.5, 0.6) is 0 Å². The monoisotopic (exact) mass is 421 g/mol. The first-order chi connectivity index (χ1) is 14.7. The first-order valence-corrected chi connectivity index (χ1v) is 11.5. The molecule has 0 radical (unpaired) electrons. The molecule has 1 fully saturated rings. The van der Waals surface area contributed by atoms with Gasteiger partial charge in [-0.1, -0.05) is 43.7 Å². The van der Waals surface area contributed by atoms with Crippen LogP contribution in [0.2, 0.25) is 0 Å². The van der Waals surface area contributed by atoms with E-state index in [0.29, 0.717) is 11.2 Å². The lowest BCUT2D eigenvalue weighted by atomic mass is 10.1. The highest BCUT2D eigenvalue weighted by Gasteiger charge is 2.24. The quantitative estimate of drug-likeness (QED) is 0.571. The predicted molar refractivity (Wildman–Crippen MR) is 120 cm³/mol. The summed E-state index contributed by atoms with van der Waals surface area (Å²) in [4.78, 5) is 16.8. The Morgan fingerprint density at radius 2 is 1.83 bits per heavy atom. The molecule has 0 aliphatic heterocycles. The van der Waals surface area contributed by atoms with Gasteiger partial charge in [0.2, 0.25) is 5.91 Å². The van der Waals surface area contributed by atoms with Crippen molar-refractivity contribution in [3.63, 3.8) is 0 Å². The van der Waals surface area contributed by atoms with E-state index in [9.17, 15) is 4.79 Å². The Morgan fingerprint density at radius 3 is 2.50 bits per heavy atom. The average Bonchev–Trinajstić information content (AvgIpc) is 3.44. The van der Waals surface area contributed by atoms with Gasteiger partial charge in [0.1, 0.15) is 0 Å². The third-order valence-corrected chi connectivity index (χ3v) is 6.57. The number of aryl methyl sites for hydroxylation is 1. The van der Waals surface area contributed by atoms with Crippen LogP contribution < -0.4 is 5.32 Å². The summed E-state index contributed by atoms with van der Waals surface area (Å²) >= 11 is 1.44. The first-order valence-electron chi connectivity index (χ1n) is 10.6. The summed E-state index contributed by atoms with van der Waals surface area (Å²) in [5.74, 6) is 0.806. The average molecular weight is 422 g/mol. The largest absolute Gasteiger partial charge is 0.352 e. The van der Waals surface area contributed by atoms with Gasteiger partial charge in [-0.2, -0.15) is 0 Å². The lowest BCUT2D eigenvalue weighted by molar-refractivity contribution is -0.120. The molecule has 156 valence electrons.